The van der Waals surface area contributed by atoms with Crippen molar-refractivity contribution in [3.8, 4) is 0 Å². The van der Waals surface area contributed by atoms with Crippen molar-refractivity contribution >= 4 is 17.5 Å². The number of Topliss-reactive ketones (excluding diaryl/α,β-unsaturated/α-hetero) is 1. The molecule has 2 saturated heterocycles. The number of rotatable bonds is 3. The molecule has 1 aromatic carbocycles. The van der Waals surface area contributed by atoms with Gasteiger partial charge in [-0.3, -0.25) is 4.79 Å². The fraction of sp³-hybridized carbons (Fsp3) is 0.533. The molecule has 2 heterocycles. The first-order chi connectivity index (χ1) is 9.15. The molecule has 1 nitrogen and oxygen atoms in total. The van der Waals surface area contributed by atoms with Crippen LogP contribution < -0.4 is 0 Å². The van der Waals surface area contributed by atoms with Gasteiger partial charge in [0.15, 0.2) is 5.78 Å². The molecular formula is C15H16F2OS. The molecule has 0 spiro atoms. The van der Waals surface area contributed by atoms with Crippen molar-refractivity contribution in [3.63, 3.8) is 0 Å². The van der Waals surface area contributed by atoms with Gasteiger partial charge in [0.05, 0.1) is 0 Å². The number of carbonyl (C=O) groups excluding carboxylic acids is 1. The number of thioether (sulfide) groups is 1. The molecule has 2 aliphatic heterocycles. The van der Waals surface area contributed by atoms with E-state index in [1.807, 2.05) is 11.8 Å². The molecule has 0 N–H and O–H groups in total. The van der Waals surface area contributed by atoms with Gasteiger partial charge in [0.1, 0.15) is 0 Å². The summed E-state index contributed by atoms with van der Waals surface area (Å²) in [4.78, 5) is 12.5. The third kappa shape index (κ3) is 2.55. The largest absolute Gasteiger partial charge is 0.294 e. The van der Waals surface area contributed by atoms with E-state index in [1.165, 1.54) is 18.9 Å². The van der Waals surface area contributed by atoms with Gasteiger partial charge in [0.25, 0.3) is 6.43 Å². The maximum atomic E-state index is 13.0. The Morgan fingerprint density at radius 3 is 2.42 bits per heavy atom. The zero-order valence-electron chi connectivity index (χ0n) is 10.5. The number of halogens is 2. The zero-order valence-corrected chi connectivity index (χ0v) is 11.3. The van der Waals surface area contributed by atoms with Crippen molar-refractivity contribution in [1.29, 1.82) is 0 Å². The molecule has 0 saturated carbocycles. The monoisotopic (exact) mass is 282 g/mol. The molecule has 0 radical (unpaired) electrons. The van der Waals surface area contributed by atoms with E-state index >= 15 is 0 Å². The summed E-state index contributed by atoms with van der Waals surface area (Å²) < 4.78 is 25.9. The lowest BCUT2D eigenvalue weighted by Gasteiger charge is -2.26. The number of alkyl halides is 2. The minimum atomic E-state index is -2.57. The highest BCUT2D eigenvalue weighted by molar-refractivity contribution is 8.00. The van der Waals surface area contributed by atoms with Crippen molar-refractivity contribution in [2.75, 3.05) is 0 Å². The summed E-state index contributed by atoms with van der Waals surface area (Å²) in [5, 5.41) is 1.12. The Hall–Kier alpha value is -0.900. The first-order valence-electron chi connectivity index (χ1n) is 6.72. The van der Waals surface area contributed by atoms with Gasteiger partial charge in [-0.25, -0.2) is 8.78 Å². The van der Waals surface area contributed by atoms with E-state index in [0.29, 0.717) is 10.5 Å². The lowest BCUT2D eigenvalue weighted by atomic mass is 9.88. The predicted octanol–water partition coefficient (Wildman–Crippen LogP) is 4.48. The number of hydrogen-bond acceptors (Lipinski definition) is 2. The van der Waals surface area contributed by atoms with Gasteiger partial charge >= 0.3 is 0 Å². The third-order valence-electron chi connectivity index (χ3n) is 4.12. The summed E-state index contributed by atoms with van der Waals surface area (Å²) in [5.41, 5.74) is 0.117. The Kier molecular flexibility index (Phi) is 3.61. The van der Waals surface area contributed by atoms with Crippen LogP contribution in [-0.4, -0.2) is 16.3 Å². The fourth-order valence-corrected chi connectivity index (χ4v) is 4.98. The summed E-state index contributed by atoms with van der Waals surface area (Å²) in [5.74, 6) is -0.133. The molecule has 0 aromatic heterocycles. The van der Waals surface area contributed by atoms with Crippen LogP contribution in [0, 0.1) is 5.92 Å². The first-order valence-corrected chi connectivity index (χ1v) is 7.66. The van der Waals surface area contributed by atoms with Gasteiger partial charge in [-0.05, 0) is 25.7 Å². The standard InChI is InChI=1S/C15H16F2OS/c16-15(17)13-4-2-1-3-12(13)14(18)9-7-10-5-6-11(8-9)19-10/h1-4,9-11,15H,5-8H2. The van der Waals surface area contributed by atoms with Crippen molar-refractivity contribution < 1.29 is 13.6 Å². The van der Waals surface area contributed by atoms with Crippen molar-refractivity contribution in [3.05, 3.63) is 35.4 Å². The highest BCUT2D eigenvalue weighted by atomic mass is 32.2. The van der Waals surface area contributed by atoms with Gasteiger partial charge in [-0.1, -0.05) is 24.3 Å². The second-order valence-electron chi connectivity index (χ2n) is 5.38. The number of hydrogen-bond donors (Lipinski definition) is 0. The smallest absolute Gasteiger partial charge is 0.264 e. The summed E-state index contributed by atoms with van der Waals surface area (Å²) in [7, 11) is 0. The SMILES string of the molecule is O=C(c1ccccc1C(F)F)C1CC2CCC(C1)S2. The van der Waals surface area contributed by atoms with Crippen LogP contribution in [0.4, 0.5) is 8.78 Å². The molecule has 2 bridgehead atoms. The molecule has 4 heteroatoms. The molecule has 3 rings (SSSR count). The van der Waals surface area contributed by atoms with Crippen LogP contribution in [0.3, 0.4) is 0 Å². The van der Waals surface area contributed by atoms with Crippen LogP contribution in [0.15, 0.2) is 24.3 Å². The quantitative estimate of drug-likeness (QED) is 0.760. The van der Waals surface area contributed by atoms with Crippen LogP contribution in [0.25, 0.3) is 0 Å². The van der Waals surface area contributed by atoms with Gasteiger partial charge in [0.2, 0.25) is 0 Å². The molecule has 2 fully saturated rings. The van der Waals surface area contributed by atoms with E-state index in [0.717, 1.165) is 12.8 Å². The molecule has 2 aliphatic rings. The maximum Gasteiger partial charge on any atom is 0.264 e. The van der Waals surface area contributed by atoms with Crippen molar-refractivity contribution in [2.24, 2.45) is 5.92 Å². The van der Waals surface area contributed by atoms with Gasteiger partial charge < -0.3 is 0 Å². The van der Waals surface area contributed by atoms with Crippen LogP contribution in [0.2, 0.25) is 0 Å². The van der Waals surface area contributed by atoms with E-state index in [9.17, 15) is 13.6 Å². The predicted molar refractivity (Wildman–Crippen MR) is 72.9 cm³/mol. The van der Waals surface area contributed by atoms with Crippen LogP contribution in [0.5, 0.6) is 0 Å². The second-order valence-corrected chi connectivity index (χ2v) is 6.98. The minimum absolute atomic E-state index is 0.0568. The van der Waals surface area contributed by atoms with Crippen molar-refractivity contribution in [2.45, 2.75) is 42.6 Å². The average molecular weight is 282 g/mol. The fourth-order valence-electron chi connectivity index (χ4n) is 3.20. The lowest BCUT2D eigenvalue weighted by Crippen LogP contribution is -2.25. The molecule has 102 valence electrons. The van der Waals surface area contributed by atoms with Crippen LogP contribution in [-0.2, 0) is 0 Å². The average Bonchev–Trinajstić information content (AvgIpc) is 2.76. The summed E-state index contributed by atoms with van der Waals surface area (Å²) in [6.45, 7) is 0. The number of fused-ring (bicyclic) bond motifs is 2. The molecule has 19 heavy (non-hydrogen) atoms. The molecule has 2 atom stereocenters. The molecule has 0 aliphatic carbocycles. The lowest BCUT2D eigenvalue weighted by molar-refractivity contribution is 0.0894. The Bertz CT molecular complexity index is 477. The molecule has 2 unspecified atom stereocenters. The van der Waals surface area contributed by atoms with Crippen LogP contribution in [0.1, 0.15) is 48.0 Å². The molecule has 1 aromatic rings. The second kappa shape index (κ2) is 5.23. The van der Waals surface area contributed by atoms with Gasteiger partial charge in [-0.2, -0.15) is 11.8 Å². The van der Waals surface area contributed by atoms with Gasteiger partial charge in [0, 0.05) is 27.5 Å². The van der Waals surface area contributed by atoms with E-state index < -0.39 is 6.43 Å². The highest BCUT2D eigenvalue weighted by Crippen LogP contribution is 2.46. The number of ketones is 1. The van der Waals surface area contributed by atoms with Crippen LogP contribution >= 0.6 is 11.8 Å². The molecule has 0 amide bonds. The Labute approximate surface area is 115 Å². The van der Waals surface area contributed by atoms with Crippen molar-refractivity contribution in [1.82, 2.24) is 0 Å². The number of benzene rings is 1. The maximum absolute atomic E-state index is 13.0. The minimum Gasteiger partial charge on any atom is -0.294 e. The summed E-state index contributed by atoms with van der Waals surface area (Å²) in [6.07, 6.45) is 1.50. The third-order valence-corrected chi connectivity index (χ3v) is 5.75. The zero-order chi connectivity index (χ0) is 13.4. The van der Waals surface area contributed by atoms with E-state index in [4.69, 9.17) is 0 Å². The Morgan fingerprint density at radius 2 is 1.79 bits per heavy atom. The molecular weight excluding hydrogens is 266 g/mol. The highest BCUT2D eigenvalue weighted by Gasteiger charge is 2.38. The first kappa shape index (κ1) is 13.1. The normalized spacial score (nSPS) is 29.7. The Morgan fingerprint density at radius 1 is 1.16 bits per heavy atom. The summed E-state index contributed by atoms with van der Waals surface area (Å²) >= 11 is 1.98. The summed E-state index contributed by atoms with van der Waals surface area (Å²) in [6, 6.07) is 6.15. The topological polar surface area (TPSA) is 17.1 Å². The van der Waals surface area contributed by atoms with E-state index in [-0.39, 0.29) is 22.8 Å². The Balaban J connectivity index is 1.84. The van der Waals surface area contributed by atoms with E-state index in [2.05, 4.69) is 0 Å². The number of carbonyl (C=O) groups is 1. The van der Waals surface area contributed by atoms with Gasteiger partial charge in [-0.15, -0.1) is 0 Å². The van der Waals surface area contributed by atoms with E-state index in [1.54, 1.807) is 18.2 Å².